The molecule has 1 heterocycles. The zero-order valence-electron chi connectivity index (χ0n) is 10.2. The van der Waals surface area contributed by atoms with Gasteiger partial charge in [0.25, 0.3) is 0 Å². The van der Waals surface area contributed by atoms with Gasteiger partial charge in [-0.15, -0.1) is 0 Å². The van der Waals surface area contributed by atoms with Gasteiger partial charge in [-0.25, -0.2) is 4.98 Å². The first-order chi connectivity index (χ1) is 8.16. The van der Waals surface area contributed by atoms with E-state index in [0.717, 1.165) is 17.0 Å². The van der Waals surface area contributed by atoms with Gasteiger partial charge in [0, 0.05) is 12.1 Å². The molecule has 17 heavy (non-hydrogen) atoms. The fourth-order valence-corrected chi connectivity index (χ4v) is 1.77. The summed E-state index contributed by atoms with van der Waals surface area (Å²) in [6.45, 7) is 4.34. The summed E-state index contributed by atoms with van der Waals surface area (Å²) in [7, 11) is 0. The average Bonchev–Trinajstić information content (AvgIpc) is 2.62. The molecule has 1 aromatic heterocycles. The molecule has 0 spiro atoms. The average molecular weight is 228 g/mol. The standard InChI is InChI=1S/C14H16N2O/c1-11-12(2)16(10-15-11)9-14(17)8-13-6-4-3-5-7-13/h3-7,10H,8-9H2,1-2H3. The molecule has 0 saturated heterocycles. The van der Waals surface area contributed by atoms with Crippen LogP contribution in [0.4, 0.5) is 0 Å². The van der Waals surface area contributed by atoms with E-state index >= 15 is 0 Å². The van der Waals surface area contributed by atoms with Crippen molar-refractivity contribution in [2.45, 2.75) is 26.8 Å². The molecule has 0 amide bonds. The summed E-state index contributed by atoms with van der Waals surface area (Å²) >= 11 is 0. The van der Waals surface area contributed by atoms with Crippen LogP contribution >= 0.6 is 0 Å². The second-order valence-electron chi connectivity index (χ2n) is 4.24. The van der Waals surface area contributed by atoms with Crippen molar-refractivity contribution in [3.63, 3.8) is 0 Å². The number of nitrogens with zero attached hydrogens (tertiary/aromatic N) is 2. The van der Waals surface area contributed by atoms with Crippen LogP contribution in [0.25, 0.3) is 0 Å². The summed E-state index contributed by atoms with van der Waals surface area (Å²) in [5.74, 6) is 0.205. The second-order valence-corrected chi connectivity index (χ2v) is 4.24. The molecule has 0 unspecified atom stereocenters. The third-order valence-electron chi connectivity index (χ3n) is 2.94. The first-order valence-electron chi connectivity index (χ1n) is 5.71. The van der Waals surface area contributed by atoms with Crippen LogP contribution in [0, 0.1) is 13.8 Å². The monoisotopic (exact) mass is 228 g/mol. The van der Waals surface area contributed by atoms with Gasteiger partial charge in [-0.3, -0.25) is 4.79 Å². The Morgan fingerprint density at radius 1 is 1.24 bits per heavy atom. The summed E-state index contributed by atoms with van der Waals surface area (Å²) in [6.07, 6.45) is 2.21. The van der Waals surface area contributed by atoms with E-state index in [0.29, 0.717) is 13.0 Å². The Kier molecular flexibility index (Phi) is 3.38. The molecule has 2 aromatic rings. The molecular formula is C14H16N2O. The number of Topliss-reactive ketones (excluding diaryl/α,β-unsaturated/α-hetero) is 1. The Morgan fingerprint density at radius 2 is 1.94 bits per heavy atom. The first-order valence-corrected chi connectivity index (χ1v) is 5.71. The third kappa shape index (κ3) is 2.81. The largest absolute Gasteiger partial charge is 0.327 e. The predicted molar refractivity (Wildman–Crippen MR) is 66.9 cm³/mol. The minimum absolute atomic E-state index is 0.205. The summed E-state index contributed by atoms with van der Waals surface area (Å²) in [5.41, 5.74) is 3.11. The van der Waals surface area contributed by atoms with Crippen molar-refractivity contribution >= 4 is 5.78 Å². The van der Waals surface area contributed by atoms with E-state index in [-0.39, 0.29) is 5.78 Å². The van der Waals surface area contributed by atoms with E-state index < -0.39 is 0 Å². The summed E-state index contributed by atoms with van der Waals surface area (Å²) < 4.78 is 1.90. The van der Waals surface area contributed by atoms with Crippen LogP contribution in [-0.2, 0) is 17.8 Å². The van der Waals surface area contributed by atoms with E-state index in [4.69, 9.17) is 0 Å². The molecule has 3 heteroatoms. The van der Waals surface area contributed by atoms with Gasteiger partial charge in [-0.2, -0.15) is 0 Å². The number of imidazole rings is 1. The van der Waals surface area contributed by atoms with E-state index in [1.165, 1.54) is 0 Å². The molecule has 1 aromatic carbocycles. The lowest BCUT2D eigenvalue weighted by Crippen LogP contribution is -2.13. The van der Waals surface area contributed by atoms with Crippen LogP contribution in [0.3, 0.4) is 0 Å². The number of carbonyl (C=O) groups is 1. The number of carbonyl (C=O) groups excluding carboxylic acids is 1. The van der Waals surface area contributed by atoms with E-state index in [9.17, 15) is 4.79 Å². The normalized spacial score (nSPS) is 10.5. The maximum absolute atomic E-state index is 11.9. The molecule has 0 fully saturated rings. The maximum Gasteiger partial charge on any atom is 0.156 e. The fourth-order valence-electron chi connectivity index (χ4n) is 1.77. The molecular weight excluding hydrogens is 212 g/mol. The smallest absolute Gasteiger partial charge is 0.156 e. The fraction of sp³-hybridized carbons (Fsp3) is 0.286. The zero-order chi connectivity index (χ0) is 12.3. The highest BCUT2D eigenvalue weighted by Gasteiger charge is 2.07. The zero-order valence-corrected chi connectivity index (χ0v) is 10.2. The summed E-state index contributed by atoms with van der Waals surface area (Å²) in [5, 5.41) is 0. The molecule has 0 radical (unpaired) electrons. The number of rotatable bonds is 4. The van der Waals surface area contributed by atoms with Crippen molar-refractivity contribution in [3.8, 4) is 0 Å². The molecule has 0 saturated carbocycles. The van der Waals surface area contributed by atoms with Gasteiger partial charge in [0.05, 0.1) is 18.6 Å². The molecule has 0 aliphatic carbocycles. The van der Waals surface area contributed by atoms with E-state index in [1.54, 1.807) is 6.33 Å². The molecule has 0 bridgehead atoms. The molecule has 2 rings (SSSR count). The van der Waals surface area contributed by atoms with Gasteiger partial charge in [0.15, 0.2) is 5.78 Å². The number of benzene rings is 1. The number of ketones is 1. The maximum atomic E-state index is 11.9. The molecule has 88 valence electrons. The van der Waals surface area contributed by atoms with Crippen molar-refractivity contribution < 1.29 is 4.79 Å². The predicted octanol–water partition coefficient (Wildman–Crippen LogP) is 2.31. The van der Waals surface area contributed by atoms with E-state index in [2.05, 4.69) is 4.98 Å². The molecule has 0 aliphatic heterocycles. The SMILES string of the molecule is Cc1ncn(CC(=O)Cc2ccccc2)c1C. The molecule has 0 N–H and O–H groups in total. The lowest BCUT2D eigenvalue weighted by atomic mass is 10.1. The van der Waals surface area contributed by atoms with Crippen LogP contribution in [0.15, 0.2) is 36.7 Å². The molecule has 0 atom stereocenters. The lowest BCUT2D eigenvalue weighted by Gasteiger charge is -2.05. The van der Waals surface area contributed by atoms with Gasteiger partial charge < -0.3 is 4.57 Å². The Labute approximate surface area is 101 Å². The Balaban J connectivity index is 2.01. The number of hydrogen-bond donors (Lipinski definition) is 0. The van der Waals surface area contributed by atoms with Crippen molar-refractivity contribution in [2.75, 3.05) is 0 Å². The lowest BCUT2D eigenvalue weighted by molar-refractivity contribution is -0.119. The highest BCUT2D eigenvalue weighted by atomic mass is 16.1. The minimum Gasteiger partial charge on any atom is -0.327 e. The van der Waals surface area contributed by atoms with Gasteiger partial charge in [0.2, 0.25) is 0 Å². The topological polar surface area (TPSA) is 34.9 Å². The molecule has 3 nitrogen and oxygen atoms in total. The van der Waals surface area contributed by atoms with Crippen molar-refractivity contribution in [3.05, 3.63) is 53.6 Å². The van der Waals surface area contributed by atoms with Crippen LogP contribution in [0.2, 0.25) is 0 Å². The van der Waals surface area contributed by atoms with Crippen molar-refractivity contribution in [1.82, 2.24) is 9.55 Å². The Bertz CT molecular complexity index is 514. The van der Waals surface area contributed by atoms with Gasteiger partial charge >= 0.3 is 0 Å². The highest BCUT2D eigenvalue weighted by Crippen LogP contribution is 2.06. The van der Waals surface area contributed by atoms with Crippen LogP contribution < -0.4 is 0 Å². The Morgan fingerprint density at radius 3 is 2.53 bits per heavy atom. The molecule has 0 aliphatic rings. The van der Waals surface area contributed by atoms with Crippen LogP contribution in [0.5, 0.6) is 0 Å². The van der Waals surface area contributed by atoms with Crippen LogP contribution in [0.1, 0.15) is 17.0 Å². The highest BCUT2D eigenvalue weighted by molar-refractivity contribution is 5.80. The third-order valence-corrected chi connectivity index (χ3v) is 2.94. The van der Waals surface area contributed by atoms with Crippen molar-refractivity contribution in [1.29, 1.82) is 0 Å². The number of aromatic nitrogens is 2. The van der Waals surface area contributed by atoms with E-state index in [1.807, 2.05) is 48.7 Å². The Hall–Kier alpha value is -1.90. The first kappa shape index (κ1) is 11.6. The quantitative estimate of drug-likeness (QED) is 0.805. The number of aryl methyl sites for hydroxylation is 1. The van der Waals surface area contributed by atoms with Crippen LogP contribution in [-0.4, -0.2) is 15.3 Å². The summed E-state index contributed by atoms with van der Waals surface area (Å²) in [4.78, 5) is 16.1. The second kappa shape index (κ2) is 4.95. The summed E-state index contributed by atoms with van der Waals surface area (Å²) in [6, 6.07) is 9.82. The van der Waals surface area contributed by atoms with Crippen molar-refractivity contribution in [2.24, 2.45) is 0 Å². The van der Waals surface area contributed by atoms with Gasteiger partial charge in [-0.05, 0) is 19.4 Å². The van der Waals surface area contributed by atoms with Gasteiger partial charge in [-0.1, -0.05) is 30.3 Å². The number of hydrogen-bond acceptors (Lipinski definition) is 2. The van der Waals surface area contributed by atoms with Gasteiger partial charge in [0.1, 0.15) is 0 Å². The minimum atomic E-state index is 0.205.